The summed E-state index contributed by atoms with van der Waals surface area (Å²) in [6.45, 7) is 3.71. The van der Waals surface area contributed by atoms with Crippen molar-refractivity contribution in [1.29, 1.82) is 0 Å². The van der Waals surface area contributed by atoms with Crippen molar-refractivity contribution in [3.63, 3.8) is 0 Å². The number of nitrogens with two attached hydrogens (primary N) is 1. The van der Waals surface area contributed by atoms with Crippen LogP contribution in [-0.4, -0.2) is 31.0 Å². The first-order valence-corrected chi connectivity index (χ1v) is 7.30. The molecule has 0 saturated carbocycles. The number of benzene rings is 1. The minimum Gasteiger partial charge on any atom is -0.497 e. The second-order valence-electron chi connectivity index (χ2n) is 5.33. The molecule has 1 aromatic carbocycles. The lowest BCUT2D eigenvalue weighted by Crippen LogP contribution is -2.39. The lowest BCUT2D eigenvalue weighted by Gasteiger charge is -2.31. The summed E-state index contributed by atoms with van der Waals surface area (Å²) in [5, 5.41) is 0. The van der Waals surface area contributed by atoms with Gasteiger partial charge < -0.3 is 15.4 Å². The van der Waals surface area contributed by atoms with Gasteiger partial charge in [-0.1, -0.05) is 18.8 Å². The number of carbonyl (C=O) groups excluding carboxylic acids is 1. The zero-order valence-corrected chi connectivity index (χ0v) is 12.7. The second-order valence-corrected chi connectivity index (χ2v) is 5.33. The highest BCUT2D eigenvalue weighted by atomic mass is 16.5. The van der Waals surface area contributed by atoms with E-state index < -0.39 is 0 Å². The molecule has 112 valence electrons. The van der Waals surface area contributed by atoms with Crippen molar-refractivity contribution in [2.75, 3.05) is 20.2 Å². The fourth-order valence-electron chi connectivity index (χ4n) is 2.59. The number of ether oxygens (including phenoxy) is 1. The van der Waals surface area contributed by atoms with E-state index in [0.29, 0.717) is 13.1 Å². The van der Waals surface area contributed by atoms with Gasteiger partial charge in [0.15, 0.2) is 0 Å². The molecule has 0 aliphatic carbocycles. The van der Waals surface area contributed by atoms with Crippen molar-refractivity contribution in [2.24, 2.45) is 11.7 Å². The van der Waals surface area contributed by atoms with Crippen molar-refractivity contribution in [2.45, 2.75) is 26.3 Å². The summed E-state index contributed by atoms with van der Waals surface area (Å²) in [6.07, 6.45) is 2.04. The largest absolute Gasteiger partial charge is 0.497 e. The predicted octanol–water partition coefficient (Wildman–Crippen LogP) is 1.76. The summed E-state index contributed by atoms with van der Waals surface area (Å²) < 4.78 is 5.28. The molecule has 0 bridgehead atoms. The number of carbonyl (C=O) groups is 1. The Kier molecular flexibility index (Phi) is 5.24. The van der Waals surface area contributed by atoms with Crippen molar-refractivity contribution in [3.8, 4) is 17.6 Å². The third kappa shape index (κ3) is 3.77. The van der Waals surface area contributed by atoms with Gasteiger partial charge in [0, 0.05) is 24.6 Å². The van der Waals surface area contributed by atoms with Crippen LogP contribution in [0.2, 0.25) is 0 Å². The number of likely N-dealkylation sites (tertiary alicyclic amines) is 1. The molecule has 4 heteroatoms. The van der Waals surface area contributed by atoms with E-state index in [-0.39, 0.29) is 11.8 Å². The van der Waals surface area contributed by atoms with Gasteiger partial charge in [-0.3, -0.25) is 4.79 Å². The van der Waals surface area contributed by atoms with E-state index in [0.717, 1.165) is 36.3 Å². The van der Waals surface area contributed by atoms with Crippen LogP contribution >= 0.6 is 0 Å². The number of amides is 1. The highest BCUT2D eigenvalue weighted by Crippen LogP contribution is 2.23. The summed E-state index contributed by atoms with van der Waals surface area (Å²) >= 11 is 0. The number of piperidine rings is 1. The Morgan fingerprint density at radius 3 is 3.00 bits per heavy atom. The molecule has 1 aliphatic heterocycles. The minimum absolute atomic E-state index is 0.114. The lowest BCUT2D eigenvalue weighted by molar-refractivity contribution is -0.138. The zero-order chi connectivity index (χ0) is 15.2. The Balaban J connectivity index is 2.26. The molecular formula is C17H22N2O2. The predicted molar refractivity (Wildman–Crippen MR) is 82.7 cm³/mol. The highest BCUT2D eigenvalue weighted by Gasteiger charge is 2.25. The average molecular weight is 286 g/mol. The van der Waals surface area contributed by atoms with Crippen LogP contribution in [0.25, 0.3) is 0 Å². The van der Waals surface area contributed by atoms with E-state index in [9.17, 15) is 4.79 Å². The first-order valence-electron chi connectivity index (χ1n) is 7.30. The maximum Gasteiger partial charge on any atom is 0.225 e. The first-order chi connectivity index (χ1) is 10.2. The maximum absolute atomic E-state index is 12.2. The molecule has 1 heterocycles. The topological polar surface area (TPSA) is 55.6 Å². The molecule has 1 fully saturated rings. The standard InChI is InChI=1S/C17H22N2O2/c1-13-5-4-10-19(17(13)20)12-15-11-16(21-2)8-7-14(15)6-3-9-18/h7-8,11,13H,4-5,9-10,12,18H2,1-2H3. The highest BCUT2D eigenvalue weighted by molar-refractivity contribution is 5.79. The lowest BCUT2D eigenvalue weighted by atomic mass is 9.98. The Labute approximate surface area is 126 Å². The molecule has 1 amide bonds. The minimum atomic E-state index is 0.114. The van der Waals surface area contributed by atoms with E-state index in [2.05, 4.69) is 11.8 Å². The van der Waals surface area contributed by atoms with Crippen LogP contribution in [0.4, 0.5) is 0 Å². The molecule has 1 unspecified atom stereocenters. The van der Waals surface area contributed by atoms with Crippen LogP contribution in [-0.2, 0) is 11.3 Å². The number of hydrogen-bond acceptors (Lipinski definition) is 3. The average Bonchev–Trinajstić information content (AvgIpc) is 2.50. The summed E-state index contributed by atoms with van der Waals surface area (Å²) in [6, 6.07) is 5.76. The van der Waals surface area contributed by atoms with Gasteiger partial charge in [0.1, 0.15) is 5.75 Å². The van der Waals surface area contributed by atoms with E-state index in [1.54, 1.807) is 7.11 Å². The van der Waals surface area contributed by atoms with E-state index in [4.69, 9.17) is 10.5 Å². The Morgan fingerprint density at radius 2 is 2.29 bits per heavy atom. The van der Waals surface area contributed by atoms with Gasteiger partial charge in [0.25, 0.3) is 0 Å². The van der Waals surface area contributed by atoms with Crippen molar-refractivity contribution in [1.82, 2.24) is 4.90 Å². The van der Waals surface area contributed by atoms with Gasteiger partial charge >= 0.3 is 0 Å². The smallest absolute Gasteiger partial charge is 0.225 e. The van der Waals surface area contributed by atoms with Crippen LogP contribution in [0.3, 0.4) is 0 Å². The molecule has 1 saturated heterocycles. The molecule has 0 spiro atoms. The van der Waals surface area contributed by atoms with Gasteiger partial charge in [-0.15, -0.1) is 0 Å². The van der Waals surface area contributed by atoms with Crippen LogP contribution in [0, 0.1) is 17.8 Å². The van der Waals surface area contributed by atoms with Gasteiger partial charge in [-0.05, 0) is 36.6 Å². The molecule has 4 nitrogen and oxygen atoms in total. The van der Waals surface area contributed by atoms with Crippen molar-refractivity contribution < 1.29 is 9.53 Å². The van der Waals surface area contributed by atoms with Crippen LogP contribution < -0.4 is 10.5 Å². The Bertz CT molecular complexity index is 572. The SMILES string of the molecule is COc1ccc(C#CCN)c(CN2CCCC(C)C2=O)c1. The summed E-state index contributed by atoms with van der Waals surface area (Å²) in [4.78, 5) is 14.2. The first kappa shape index (κ1) is 15.4. The van der Waals surface area contributed by atoms with Crippen molar-refractivity contribution in [3.05, 3.63) is 29.3 Å². The fraction of sp³-hybridized carbons (Fsp3) is 0.471. The molecule has 0 radical (unpaired) electrons. The fourth-order valence-corrected chi connectivity index (χ4v) is 2.59. The van der Waals surface area contributed by atoms with Gasteiger partial charge in [0.2, 0.25) is 5.91 Å². The van der Waals surface area contributed by atoms with Crippen molar-refractivity contribution >= 4 is 5.91 Å². The number of nitrogens with zero attached hydrogens (tertiary/aromatic N) is 1. The molecule has 21 heavy (non-hydrogen) atoms. The molecule has 1 atom stereocenters. The molecule has 2 N–H and O–H groups in total. The second kappa shape index (κ2) is 7.14. The molecular weight excluding hydrogens is 264 g/mol. The van der Waals surface area contributed by atoms with Gasteiger partial charge in [-0.2, -0.15) is 0 Å². The van der Waals surface area contributed by atoms with E-state index >= 15 is 0 Å². The molecule has 1 aliphatic rings. The molecule has 1 aromatic rings. The summed E-state index contributed by atoms with van der Waals surface area (Å²) in [7, 11) is 1.64. The Hall–Kier alpha value is -1.99. The van der Waals surface area contributed by atoms with E-state index in [1.165, 1.54) is 0 Å². The number of methoxy groups -OCH3 is 1. The normalized spacial score (nSPS) is 18.1. The Morgan fingerprint density at radius 1 is 1.48 bits per heavy atom. The molecule has 0 aromatic heterocycles. The van der Waals surface area contributed by atoms with Gasteiger partial charge in [-0.25, -0.2) is 0 Å². The van der Waals surface area contributed by atoms with E-state index in [1.807, 2.05) is 30.0 Å². The number of rotatable bonds is 3. The quantitative estimate of drug-likeness (QED) is 0.862. The summed E-state index contributed by atoms with van der Waals surface area (Å²) in [5.74, 6) is 7.06. The number of hydrogen-bond donors (Lipinski definition) is 1. The zero-order valence-electron chi connectivity index (χ0n) is 12.7. The summed E-state index contributed by atoms with van der Waals surface area (Å²) in [5.41, 5.74) is 7.37. The maximum atomic E-state index is 12.2. The van der Waals surface area contributed by atoms with Gasteiger partial charge in [0.05, 0.1) is 13.7 Å². The van der Waals surface area contributed by atoms with Crippen LogP contribution in [0.1, 0.15) is 30.9 Å². The van der Waals surface area contributed by atoms with Crippen LogP contribution in [0.15, 0.2) is 18.2 Å². The monoisotopic (exact) mass is 286 g/mol. The molecule has 2 rings (SSSR count). The third-order valence-electron chi connectivity index (χ3n) is 3.80. The van der Waals surface area contributed by atoms with Crippen LogP contribution in [0.5, 0.6) is 5.75 Å². The third-order valence-corrected chi connectivity index (χ3v) is 3.80.